The van der Waals surface area contributed by atoms with Gasteiger partial charge in [0, 0.05) is 38.7 Å². The molecule has 0 saturated carbocycles. The van der Waals surface area contributed by atoms with Crippen LogP contribution in [-0.4, -0.2) is 66.7 Å². The second-order valence-corrected chi connectivity index (χ2v) is 5.71. The molecule has 0 radical (unpaired) electrons. The summed E-state index contributed by atoms with van der Waals surface area (Å²) in [7, 11) is 0. The Hall–Kier alpha value is -0.850. The van der Waals surface area contributed by atoms with E-state index >= 15 is 0 Å². The van der Waals surface area contributed by atoms with Gasteiger partial charge < -0.3 is 24.8 Å². The molecule has 2 unspecified atom stereocenters. The van der Waals surface area contributed by atoms with Crippen molar-refractivity contribution in [3.63, 3.8) is 0 Å². The number of nitrogens with one attached hydrogen (secondary N) is 1. The van der Waals surface area contributed by atoms with Gasteiger partial charge in [-0.25, -0.2) is 4.79 Å². The molecule has 6 heteroatoms. The van der Waals surface area contributed by atoms with E-state index in [1.807, 2.05) is 13.8 Å². The first-order chi connectivity index (χ1) is 9.55. The van der Waals surface area contributed by atoms with E-state index in [4.69, 9.17) is 9.47 Å². The average molecular weight is 286 g/mol. The van der Waals surface area contributed by atoms with Gasteiger partial charge in [-0.1, -0.05) is 0 Å². The zero-order valence-electron chi connectivity index (χ0n) is 12.4. The molecule has 0 aromatic rings. The number of aliphatic hydroxyl groups is 1. The molecule has 2 atom stereocenters. The number of carbonyl (C=O) groups is 1. The van der Waals surface area contributed by atoms with Crippen molar-refractivity contribution >= 4 is 6.09 Å². The van der Waals surface area contributed by atoms with E-state index in [-0.39, 0.29) is 12.2 Å². The Morgan fingerprint density at radius 2 is 2.20 bits per heavy atom. The van der Waals surface area contributed by atoms with Gasteiger partial charge in [0.2, 0.25) is 0 Å². The van der Waals surface area contributed by atoms with Gasteiger partial charge in [0.05, 0.1) is 12.7 Å². The molecule has 2 heterocycles. The summed E-state index contributed by atoms with van der Waals surface area (Å²) < 4.78 is 10.4. The molecule has 2 saturated heterocycles. The molecule has 2 rings (SSSR count). The fourth-order valence-electron chi connectivity index (χ4n) is 2.80. The monoisotopic (exact) mass is 286 g/mol. The molecule has 1 amide bonds. The summed E-state index contributed by atoms with van der Waals surface area (Å²) in [4.78, 5) is 13.3. The molecule has 0 spiro atoms. The minimum absolute atomic E-state index is 0.116. The molecule has 2 aliphatic heterocycles. The number of piperidine rings is 1. The maximum absolute atomic E-state index is 11.6. The Morgan fingerprint density at radius 1 is 1.50 bits per heavy atom. The van der Waals surface area contributed by atoms with Crippen LogP contribution < -0.4 is 5.32 Å². The first kappa shape index (κ1) is 15.5. The van der Waals surface area contributed by atoms with Gasteiger partial charge in [-0.3, -0.25) is 0 Å². The Balaban J connectivity index is 1.71. The third-order valence-electron chi connectivity index (χ3n) is 4.38. The summed E-state index contributed by atoms with van der Waals surface area (Å²) in [5.74, 6) is 0. The summed E-state index contributed by atoms with van der Waals surface area (Å²) in [5.41, 5.74) is -0.752. The molecule has 2 aliphatic rings. The lowest BCUT2D eigenvalue weighted by atomic mass is 9.95. The molecule has 2 fully saturated rings. The second kappa shape index (κ2) is 6.74. The summed E-state index contributed by atoms with van der Waals surface area (Å²) >= 11 is 0. The standard InChI is InChI=1S/C14H26N2O4/c1-3-19-13(17)16-7-4-12(5-8-16)15-10-14(18)6-9-20-11(14)2/h11-12,15,18H,3-10H2,1-2H3. The van der Waals surface area contributed by atoms with Crippen molar-refractivity contribution in [1.82, 2.24) is 10.2 Å². The third kappa shape index (κ3) is 3.62. The number of amides is 1. The number of rotatable bonds is 4. The van der Waals surface area contributed by atoms with E-state index in [0.29, 0.717) is 45.3 Å². The average Bonchev–Trinajstić information content (AvgIpc) is 2.78. The molecular weight excluding hydrogens is 260 g/mol. The van der Waals surface area contributed by atoms with Crippen LogP contribution in [0.2, 0.25) is 0 Å². The Morgan fingerprint density at radius 3 is 2.75 bits per heavy atom. The lowest BCUT2D eigenvalue weighted by molar-refractivity contribution is -0.0287. The SMILES string of the molecule is CCOC(=O)N1CCC(NCC2(O)CCOC2C)CC1. The van der Waals surface area contributed by atoms with Crippen LogP contribution in [-0.2, 0) is 9.47 Å². The van der Waals surface area contributed by atoms with Gasteiger partial charge in [-0.15, -0.1) is 0 Å². The molecule has 0 bridgehead atoms. The van der Waals surface area contributed by atoms with Gasteiger partial charge in [-0.2, -0.15) is 0 Å². The molecule has 0 aromatic carbocycles. The number of nitrogens with zero attached hydrogens (tertiary/aromatic N) is 1. The maximum Gasteiger partial charge on any atom is 0.409 e. The minimum Gasteiger partial charge on any atom is -0.450 e. The van der Waals surface area contributed by atoms with E-state index in [1.54, 1.807) is 4.90 Å². The van der Waals surface area contributed by atoms with E-state index < -0.39 is 5.60 Å². The van der Waals surface area contributed by atoms with Gasteiger partial charge in [0.1, 0.15) is 5.60 Å². The van der Waals surface area contributed by atoms with Crippen molar-refractivity contribution in [2.24, 2.45) is 0 Å². The fourth-order valence-corrected chi connectivity index (χ4v) is 2.80. The zero-order valence-corrected chi connectivity index (χ0v) is 12.4. The van der Waals surface area contributed by atoms with Crippen LogP contribution in [0, 0.1) is 0 Å². The number of carbonyl (C=O) groups excluding carboxylic acids is 1. The predicted octanol–water partition coefficient (Wildman–Crippen LogP) is 0.737. The van der Waals surface area contributed by atoms with Crippen LogP contribution in [0.15, 0.2) is 0 Å². The highest BCUT2D eigenvalue weighted by Crippen LogP contribution is 2.25. The van der Waals surface area contributed by atoms with Crippen LogP contribution in [0.5, 0.6) is 0 Å². The summed E-state index contributed by atoms with van der Waals surface area (Å²) in [6, 6.07) is 0.345. The number of likely N-dealkylation sites (tertiary alicyclic amines) is 1. The highest BCUT2D eigenvalue weighted by Gasteiger charge is 2.39. The third-order valence-corrected chi connectivity index (χ3v) is 4.38. The van der Waals surface area contributed by atoms with Crippen molar-refractivity contribution in [3.05, 3.63) is 0 Å². The molecule has 0 aromatic heterocycles. The second-order valence-electron chi connectivity index (χ2n) is 5.71. The molecular formula is C14H26N2O4. The van der Waals surface area contributed by atoms with Gasteiger partial charge in [0.15, 0.2) is 0 Å². The summed E-state index contributed by atoms with van der Waals surface area (Å²) in [5, 5.41) is 13.8. The predicted molar refractivity (Wildman–Crippen MR) is 74.6 cm³/mol. The molecule has 20 heavy (non-hydrogen) atoms. The van der Waals surface area contributed by atoms with Crippen molar-refractivity contribution in [2.75, 3.05) is 32.8 Å². The van der Waals surface area contributed by atoms with Gasteiger partial charge in [0.25, 0.3) is 0 Å². The number of hydrogen-bond donors (Lipinski definition) is 2. The van der Waals surface area contributed by atoms with Gasteiger partial charge in [-0.05, 0) is 26.7 Å². The van der Waals surface area contributed by atoms with Crippen molar-refractivity contribution in [2.45, 2.75) is 50.9 Å². The normalized spacial score (nSPS) is 31.6. The molecule has 6 nitrogen and oxygen atoms in total. The van der Waals surface area contributed by atoms with Gasteiger partial charge >= 0.3 is 6.09 Å². The molecule has 2 N–H and O–H groups in total. The van der Waals surface area contributed by atoms with Crippen molar-refractivity contribution in [1.29, 1.82) is 0 Å². The number of ether oxygens (including phenoxy) is 2. The van der Waals surface area contributed by atoms with Crippen molar-refractivity contribution < 1.29 is 19.4 Å². The molecule has 0 aliphatic carbocycles. The summed E-state index contributed by atoms with van der Waals surface area (Å²) in [6.07, 6.45) is 2.13. The van der Waals surface area contributed by atoms with E-state index in [2.05, 4.69) is 5.32 Å². The Kier molecular flexibility index (Phi) is 5.23. The number of hydrogen-bond acceptors (Lipinski definition) is 5. The van der Waals surface area contributed by atoms with Crippen LogP contribution in [0.3, 0.4) is 0 Å². The van der Waals surface area contributed by atoms with Crippen LogP contribution in [0.1, 0.15) is 33.1 Å². The van der Waals surface area contributed by atoms with E-state index in [0.717, 1.165) is 12.8 Å². The smallest absolute Gasteiger partial charge is 0.409 e. The van der Waals surface area contributed by atoms with Crippen molar-refractivity contribution in [3.8, 4) is 0 Å². The maximum atomic E-state index is 11.6. The first-order valence-corrected chi connectivity index (χ1v) is 7.54. The highest BCUT2D eigenvalue weighted by molar-refractivity contribution is 5.67. The lowest BCUT2D eigenvalue weighted by Gasteiger charge is -2.34. The van der Waals surface area contributed by atoms with Crippen LogP contribution >= 0.6 is 0 Å². The van der Waals surface area contributed by atoms with E-state index in [1.165, 1.54) is 0 Å². The summed E-state index contributed by atoms with van der Waals surface area (Å²) in [6.45, 7) is 6.75. The highest BCUT2D eigenvalue weighted by atomic mass is 16.6. The van der Waals surface area contributed by atoms with Crippen LogP contribution in [0.4, 0.5) is 4.79 Å². The zero-order chi connectivity index (χ0) is 14.6. The largest absolute Gasteiger partial charge is 0.450 e. The first-order valence-electron chi connectivity index (χ1n) is 7.54. The van der Waals surface area contributed by atoms with E-state index in [9.17, 15) is 9.90 Å². The Labute approximate surface area is 120 Å². The molecule has 116 valence electrons. The Bertz CT molecular complexity index is 331. The topological polar surface area (TPSA) is 71.0 Å². The van der Waals surface area contributed by atoms with Crippen LogP contribution in [0.25, 0.3) is 0 Å². The minimum atomic E-state index is -0.752. The quantitative estimate of drug-likeness (QED) is 0.797. The fraction of sp³-hybridized carbons (Fsp3) is 0.929. The lowest BCUT2D eigenvalue weighted by Crippen LogP contribution is -2.51.